The van der Waals surface area contributed by atoms with Crippen molar-refractivity contribution in [2.75, 3.05) is 0 Å². The molecule has 0 saturated heterocycles. The number of aromatic nitrogens is 2. The molecule has 24 heavy (non-hydrogen) atoms. The molecule has 4 aromatic rings. The van der Waals surface area contributed by atoms with Crippen molar-refractivity contribution in [3.8, 4) is 0 Å². The van der Waals surface area contributed by atoms with Gasteiger partial charge >= 0.3 is 0 Å². The number of rotatable bonds is 5. The summed E-state index contributed by atoms with van der Waals surface area (Å²) in [5.74, 6) is 0. The van der Waals surface area contributed by atoms with Crippen LogP contribution >= 0.6 is 11.8 Å². The van der Waals surface area contributed by atoms with Gasteiger partial charge in [0.1, 0.15) is 0 Å². The van der Waals surface area contributed by atoms with Gasteiger partial charge in [0.2, 0.25) is 0 Å². The highest BCUT2D eigenvalue weighted by atomic mass is 32.2. The van der Waals surface area contributed by atoms with E-state index in [-0.39, 0.29) is 0 Å². The molecule has 0 N–H and O–H groups in total. The van der Waals surface area contributed by atoms with E-state index in [9.17, 15) is 0 Å². The fourth-order valence-electron chi connectivity index (χ4n) is 2.87. The van der Waals surface area contributed by atoms with Crippen LogP contribution in [0.5, 0.6) is 0 Å². The van der Waals surface area contributed by atoms with Crippen molar-refractivity contribution in [2.45, 2.75) is 16.7 Å². The molecule has 118 valence electrons. The third-order valence-electron chi connectivity index (χ3n) is 4.10. The summed E-state index contributed by atoms with van der Waals surface area (Å²) in [5.41, 5.74) is 1.34. The Kier molecular flexibility index (Phi) is 4.34. The van der Waals surface area contributed by atoms with Crippen molar-refractivity contribution in [1.82, 2.24) is 9.55 Å². The lowest BCUT2D eigenvalue weighted by Crippen LogP contribution is -2.05. The molecule has 3 heteroatoms. The third-order valence-corrected chi connectivity index (χ3v) is 5.35. The lowest BCUT2D eigenvalue weighted by atomic mass is 10.0. The van der Waals surface area contributed by atoms with Gasteiger partial charge in [-0.25, -0.2) is 4.98 Å². The Morgan fingerprint density at radius 2 is 1.67 bits per heavy atom. The first-order valence-corrected chi connectivity index (χ1v) is 8.92. The molecule has 0 spiro atoms. The van der Waals surface area contributed by atoms with Crippen molar-refractivity contribution in [3.63, 3.8) is 0 Å². The minimum absolute atomic E-state index is 0.339. The standard InChI is InChI=1S/C21H18N2S/c1-2-8-20(9-3-1)24-21(15-23-13-12-22-16-23)19-11-10-17-6-4-5-7-18(17)14-19/h1-14,16,21H,15H2. The highest BCUT2D eigenvalue weighted by molar-refractivity contribution is 7.99. The minimum atomic E-state index is 0.339. The Labute approximate surface area is 146 Å². The normalized spacial score (nSPS) is 12.3. The summed E-state index contributed by atoms with van der Waals surface area (Å²) >= 11 is 1.90. The lowest BCUT2D eigenvalue weighted by molar-refractivity contribution is 0.684. The maximum absolute atomic E-state index is 4.18. The zero-order valence-electron chi connectivity index (χ0n) is 13.2. The van der Waals surface area contributed by atoms with Gasteiger partial charge in [-0.05, 0) is 34.5 Å². The smallest absolute Gasteiger partial charge is 0.0946 e. The first-order chi connectivity index (χ1) is 11.9. The van der Waals surface area contributed by atoms with E-state index >= 15 is 0 Å². The maximum Gasteiger partial charge on any atom is 0.0946 e. The summed E-state index contributed by atoms with van der Waals surface area (Å²) in [6, 6.07) is 25.9. The Morgan fingerprint density at radius 1 is 0.875 bits per heavy atom. The zero-order chi connectivity index (χ0) is 16.2. The second-order valence-electron chi connectivity index (χ2n) is 5.79. The molecule has 0 saturated carbocycles. The SMILES string of the molecule is c1ccc(SC(Cn2ccnc2)c2ccc3ccccc3c2)cc1. The summed E-state index contributed by atoms with van der Waals surface area (Å²) in [4.78, 5) is 5.47. The van der Waals surface area contributed by atoms with Gasteiger partial charge in [-0.3, -0.25) is 0 Å². The predicted octanol–water partition coefficient (Wildman–Crippen LogP) is 5.57. The predicted molar refractivity (Wildman–Crippen MR) is 101 cm³/mol. The Morgan fingerprint density at radius 3 is 2.46 bits per heavy atom. The van der Waals surface area contributed by atoms with Gasteiger partial charge in [-0.2, -0.15) is 0 Å². The van der Waals surface area contributed by atoms with Crippen LogP contribution in [0.3, 0.4) is 0 Å². The van der Waals surface area contributed by atoms with Crippen LogP contribution in [0.1, 0.15) is 10.8 Å². The lowest BCUT2D eigenvalue weighted by Gasteiger charge is -2.18. The van der Waals surface area contributed by atoms with Crippen LogP contribution in [0.15, 0.2) is 96.4 Å². The summed E-state index contributed by atoms with van der Waals surface area (Å²) in [6.07, 6.45) is 5.75. The van der Waals surface area contributed by atoms with Crippen molar-refractivity contribution in [3.05, 3.63) is 97.1 Å². The van der Waals surface area contributed by atoms with Crippen LogP contribution in [-0.2, 0) is 6.54 Å². The van der Waals surface area contributed by atoms with Gasteiger partial charge in [-0.15, -0.1) is 11.8 Å². The van der Waals surface area contributed by atoms with Crippen LogP contribution in [0.2, 0.25) is 0 Å². The molecule has 1 atom stereocenters. The van der Waals surface area contributed by atoms with Crippen LogP contribution in [0.25, 0.3) is 10.8 Å². The van der Waals surface area contributed by atoms with Gasteiger partial charge < -0.3 is 4.57 Å². The van der Waals surface area contributed by atoms with Crippen molar-refractivity contribution in [1.29, 1.82) is 0 Å². The summed E-state index contributed by atoms with van der Waals surface area (Å²) in [6.45, 7) is 0.901. The second-order valence-corrected chi connectivity index (χ2v) is 7.06. The molecule has 0 amide bonds. The molecule has 1 unspecified atom stereocenters. The molecule has 3 aromatic carbocycles. The Hall–Kier alpha value is -2.52. The number of fused-ring (bicyclic) bond motifs is 1. The molecule has 0 aliphatic carbocycles. The van der Waals surface area contributed by atoms with E-state index in [1.54, 1.807) is 0 Å². The molecule has 0 fully saturated rings. The molecule has 0 aliphatic rings. The van der Waals surface area contributed by atoms with E-state index in [0.29, 0.717) is 5.25 Å². The monoisotopic (exact) mass is 330 g/mol. The minimum Gasteiger partial charge on any atom is -0.336 e. The van der Waals surface area contributed by atoms with Crippen LogP contribution in [0, 0.1) is 0 Å². The number of benzene rings is 3. The van der Waals surface area contributed by atoms with Crippen molar-refractivity contribution < 1.29 is 0 Å². The third kappa shape index (κ3) is 3.36. The molecule has 1 aromatic heterocycles. The molecular weight excluding hydrogens is 312 g/mol. The van der Waals surface area contributed by atoms with E-state index in [4.69, 9.17) is 0 Å². The van der Waals surface area contributed by atoms with Gasteiger partial charge in [-0.1, -0.05) is 54.6 Å². The van der Waals surface area contributed by atoms with Gasteiger partial charge in [0.25, 0.3) is 0 Å². The fraction of sp³-hybridized carbons (Fsp3) is 0.0952. The molecule has 0 aliphatic heterocycles. The van der Waals surface area contributed by atoms with Crippen LogP contribution in [0.4, 0.5) is 0 Å². The van der Waals surface area contributed by atoms with E-state index < -0.39 is 0 Å². The number of imidazole rings is 1. The second kappa shape index (κ2) is 6.93. The average molecular weight is 330 g/mol. The molecule has 2 nitrogen and oxygen atoms in total. The molecule has 0 radical (unpaired) electrons. The number of nitrogens with zero attached hydrogens (tertiary/aromatic N) is 2. The largest absolute Gasteiger partial charge is 0.336 e. The number of thioether (sulfide) groups is 1. The highest BCUT2D eigenvalue weighted by Crippen LogP contribution is 2.37. The van der Waals surface area contributed by atoms with Crippen molar-refractivity contribution >= 4 is 22.5 Å². The fourth-order valence-corrected chi connectivity index (χ4v) is 4.04. The highest BCUT2D eigenvalue weighted by Gasteiger charge is 2.14. The van der Waals surface area contributed by atoms with Crippen LogP contribution < -0.4 is 0 Å². The molecular formula is C21H18N2S. The van der Waals surface area contributed by atoms with E-state index in [1.165, 1.54) is 21.2 Å². The first-order valence-electron chi connectivity index (χ1n) is 8.05. The van der Waals surface area contributed by atoms with Gasteiger partial charge in [0.05, 0.1) is 11.6 Å². The topological polar surface area (TPSA) is 17.8 Å². The number of hydrogen-bond donors (Lipinski definition) is 0. The average Bonchev–Trinajstić information content (AvgIpc) is 3.15. The Balaban J connectivity index is 1.69. The summed E-state index contributed by atoms with van der Waals surface area (Å²) < 4.78 is 2.15. The van der Waals surface area contributed by atoms with Crippen LogP contribution in [-0.4, -0.2) is 9.55 Å². The summed E-state index contributed by atoms with van der Waals surface area (Å²) in [7, 11) is 0. The zero-order valence-corrected chi connectivity index (χ0v) is 14.1. The molecule has 1 heterocycles. The van der Waals surface area contributed by atoms with E-state index in [0.717, 1.165) is 6.54 Å². The quantitative estimate of drug-likeness (QED) is 0.445. The molecule has 4 rings (SSSR count). The maximum atomic E-state index is 4.18. The summed E-state index contributed by atoms with van der Waals surface area (Å²) in [5, 5.41) is 2.91. The molecule has 0 bridgehead atoms. The number of hydrogen-bond acceptors (Lipinski definition) is 2. The van der Waals surface area contributed by atoms with Gasteiger partial charge in [0.15, 0.2) is 0 Å². The first kappa shape index (κ1) is 15.0. The van der Waals surface area contributed by atoms with E-state index in [1.807, 2.05) is 30.5 Å². The Bertz CT molecular complexity index is 917. The van der Waals surface area contributed by atoms with Gasteiger partial charge in [0, 0.05) is 23.8 Å². The van der Waals surface area contributed by atoms with Crippen molar-refractivity contribution in [2.24, 2.45) is 0 Å². The van der Waals surface area contributed by atoms with E-state index in [2.05, 4.69) is 82.3 Å².